The summed E-state index contributed by atoms with van der Waals surface area (Å²) in [5, 5.41) is 38.4. The lowest BCUT2D eigenvalue weighted by atomic mass is 9.58. The second-order valence-corrected chi connectivity index (χ2v) is 31.2. The Morgan fingerprint density at radius 1 is 0.440 bits per heavy atom. The Morgan fingerprint density at radius 3 is 1.36 bits per heavy atom. The molecule has 0 bridgehead atoms. The van der Waals surface area contributed by atoms with E-state index in [2.05, 4.69) is 87.8 Å². The maximum Gasteiger partial charge on any atom is 0.0455 e. The van der Waals surface area contributed by atoms with E-state index >= 15 is 0 Å². The molecular weight excluding hydrogens is 633 g/mol. The molecule has 50 heavy (non-hydrogen) atoms. The van der Waals surface area contributed by atoms with Gasteiger partial charge in [-0.3, -0.25) is 0 Å². The second-order valence-electron chi connectivity index (χ2n) is 20.2. The van der Waals surface area contributed by atoms with E-state index in [4.69, 9.17) is 0 Å². The SMILES string of the molecule is C[Si](C)(C)CC1CC2c3ccc4c5ccc6c7ccc8c9ccc%10c1c1c%11c%10c9c9c8c7c7c6c5c5c4c3c(c3c%11c9c7c35)C12C[Si](C)(C)C. The van der Waals surface area contributed by atoms with Gasteiger partial charge in [0.2, 0.25) is 0 Å². The highest BCUT2D eigenvalue weighted by Gasteiger charge is 2.60. The average Bonchev–Trinajstić information content (AvgIpc) is 3.87. The van der Waals surface area contributed by atoms with Crippen molar-refractivity contribution in [2.24, 2.45) is 0 Å². The van der Waals surface area contributed by atoms with Crippen molar-refractivity contribution in [3.8, 4) is 0 Å². The van der Waals surface area contributed by atoms with Gasteiger partial charge in [0.25, 0.3) is 0 Å². The summed E-state index contributed by atoms with van der Waals surface area (Å²) < 4.78 is 0. The van der Waals surface area contributed by atoms with Gasteiger partial charge < -0.3 is 0 Å². The van der Waals surface area contributed by atoms with Gasteiger partial charge in [-0.15, -0.1) is 0 Å². The summed E-state index contributed by atoms with van der Waals surface area (Å²) in [5.74, 6) is 1.20. The predicted octanol–water partition coefficient (Wildman–Crippen LogP) is 14.3. The van der Waals surface area contributed by atoms with Crippen molar-refractivity contribution in [3.63, 3.8) is 0 Å². The molecule has 0 aliphatic heterocycles. The Balaban J connectivity index is 1.36. The van der Waals surface area contributed by atoms with Gasteiger partial charge >= 0.3 is 0 Å². The van der Waals surface area contributed by atoms with Crippen molar-refractivity contribution < 1.29 is 0 Å². The summed E-state index contributed by atoms with van der Waals surface area (Å²) in [6.07, 6.45) is 1.32. The Bertz CT molecular complexity index is 3700. The molecule has 3 unspecified atom stereocenters. The van der Waals surface area contributed by atoms with Crippen LogP contribution in [0.2, 0.25) is 51.4 Å². The van der Waals surface area contributed by atoms with E-state index in [0.29, 0.717) is 11.8 Å². The van der Waals surface area contributed by atoms with Crippen LogP contribution in [0.3, 0.4) is 0 Å². The van der Waals surface area contributed by atoms with Gasteiger partial charge in [-0.2, -0.15) is 0 Å². The fourth-order valence-electron chi connectivity index (χ4n) is 15.0. The highest BCUT2D eigenvalue weighted by molar-refractivity contribution is 6.77. The van der Waals surface area contributed by atoms with Crippen LogP contribution in [0.4, 0.5) is 0 Å². The zero-order chi connectivity index (χ0) is 32.6. The molecule has 2 heteroatoms. The van der Waals surface area contributed by atoms with Gasteiger partial charge in [-0.1, -0.05) is 93.9 Å². The first-order chi connectivity index (χ1) is 24.1. The maximum atomic E-state index is 2.68. The molecule has 16 rings (SSSR count). The monoisotopic (exact) mass is 666 g/mol. The molecule has 3 aliphatic rings. The van der Waals surface area contributed by atoms with Crippen LogP contribution in [0.15, 0.2) is 48.5 Å². The van der Waals surface area contributed by atoms with E-state index in [9.17, 15) is 0 Å². The van der Waals surface area contributed by atoms with Crippen molar-refractivity contribution in [1.29, 1.82) is 0 Å². The van der Waals surface area contributed by atoms with Gasteiger partial charge in [0.1, 0.15) is 0 Å². The summed E-state index contributed by atoms with van der Waals surface area (Å²) in [6, 6.07) is 23.3. The van der Waals surface area contributed by atoms with Crippen LogP contribution in [0.1, 0.15) is 40.5 Å². The third kappa shape index (κ3) is 1.98. The number of hydrogen-bond acceptors (Lipinski definition) is 0. The van der Waals surface area contributed by atoms with Gasteiger partial charge in [0.15, 0.2) is 0 Å². The Labute approximate surface area is 290 Å². The van der Waals surface area contributed by atoms with E-state index < -0.39 is 16.1 Å². The van der Waals surface area contributed by atoms with Gasteiger partial charge in [0, 0.05) is 21.6 Å². The van der Waals surface area contributed by atoms with Crippen molar-refractivity contribution >= 4 is 145 Å². The molecule has 0 amide bonds. The molecule has 0 heterocycles. The first-order valence-corrected chi connectivity index (χ1v) is 26.7. The van der Waals surface area contributed by atoms with Crippen molar-refractivity contribution in [1.82, 2.24) is 0 Å². The van der Waals surface area contributed by atoms with Crippen molar-refractivity contribution in [3.05, 3.63) is 70.8 Å². The van der Waals surface area contributed by atoms with E-state index in [1.807, 2.05) is 5.56 Å². The minimum atomic E-state index is -1.56. The number of hydrogen-bond donors (Lipinski definition) is 0. The van der Waals surface area contributed by atoms with Gasteiger partial charge in [-0.25, -0.2) is 0 Å². The van der Waals surface area contributed by atoms with Gasteiger partial charge in [0.05, 0.1) is 0 Å². The molecule has 0 saturated heterocycles. The van der Waals surface area contributed by atoms with Crippen molar-refractivity contribution in [2.75, 3.05) is 0 Å². The van der Waals surface area contributed by atoms with Gasteiger partial charge in [-0.05, 0) is 176 Å². The average molecular weight is 667 g/mol. The number of rotatable bonds is 4. The first kappa shape index (κ1) is 24.8. The molecule has 3 atom stereocenters. The minimum Gasteiger partial charge on any atom is -0.0695 e. The van der Waals surface area contributed by atoms with Crippen LogP contribution in [0, 0.1) is 0 Å². The standard InChI is InChI=1S/C48H34Si2/c1-49(2,3)16-18-15-27-25-13-11-24-22-10-9-20-19-7-8-21-23-12-14-26-28(18)46-44-35(26)33(23)38-30(21)29(19)37-31(20)32(22)39-34(24)36(25)47(48(27,46)17-50(4,5)6)45-42(39)40(37)41(38)43(44)45/h7-14,18,27H,15-17H2,1-6H3. The molecule has 0 saturated carbocycles. The molecule has 0 N–H and O–H groups in total. The molecule has 0 radical (unpaired) electrons. The lowest BCUT2D eigenvalue weighted by molar-refractivity contribution is 0.384. The molecule has 3 aliphatic carbocycles. The summed E-state index contributed by atoms with van der Waals surface area (Å²) in [7, 11) is -2.93. The van der Waals surface area contributed by atoms with Crippen LogP contribution in [-0.4, -0.2) is 16.1 Å². The maximum absolute atomic E-state index is 2.68. The predicted molar refractivity (Wildman–Crippen MR) is 224 cm³/mol. The summed E-state index contributed by atoms with van der Waals surface area (Å²) in [4.78, 5) is 0. The second kappa shape index (κ2) is 6.51. The van der Waals surface area contributed by atoms with Crippen LogP contribution in [0.5, 0.6) is 0 Å². The van der Waals surface area contributed by atoms with Crippen LogP contribution in [0.25, 0.3) is 129 Å². The molecular formula is C48H34Si2. The lowest BCUT2D eigenvalue weighted by Crippen LogP contribution is -2.44. The Morgan fingerprint density at radius 2 is 0.840 bits per heavy atom. The highest BCUT2D eigenvalue weighted by atomic mass is 28.3. The zero-order valence-corrected chi connectivity index (χ0v) is 31.4. The molecule has 13 aromatic carbocycles. The number of fused-ring (bicyclic) bond motifs is 5. The highest BCUT2D eigenvalue weighted by Crippen LogP contribution is 2.75. The third-order valence-corrected chi connectivity index (χ3v) is 18.8. The first-order valence-electron chi connectivity index (χ1n) is 19.3. The quantitative estimate of drug-likeness (QED) is 0.130. The largest absolute Gasteiger partial charge is 0.0695 e. The van der Waals surface area contributed by atoms with Crippen molar-refractivity contribution in [2.45, 2.75) is 75.0 Å². The fraction of sp³-hybridized carbons (Fsp3) is 0.250. The minimum absolute atomic E-state index is 0.0803. The van der Waals surface area contributed by atoms with Crippen LogP contribution < -0.4 is 0 Å². The summed E-state index contributed by atoms with van der Waals surface area (Å²) >= 11 is 0. The Hall–Kier alpha value is -4.25. The van der Waals surface area contributed by atoms with Crippen LogP contribution in [-0.2, 0) is 5.41 Å². The zero-order valence-electron chi connectivity index (χ0n) is 29.4. The molecule has 0 nitrogen and oxygen atoms in total. The smallest absolute Gasteiger partial charge is 0.0455 e. The molecule has 13 aromatic rings. The Kier molecular flexibility index (Phi) is 3.23. The molecule has 234 valence electrons. The van der Waals surface area contributed by atoms with Crippen LogP contribution >= 0.6 is 0 Å². The fourth-order valence-corrected chi connectivity index (χ4v) is 19.1. The molecule has 0 aromatic heterocycles. The topological polar surface area (TPSA) is 0 Å². The van der Waals surface area contributed by atoms with E-state index in [1.54, 1.807) is 114 Å². The van der Waals surface area contributed by atoms with E-state index in [0.717, 1.165) is 0 Å². The molecule has 0 fully saturated rings. The summed E-state index contributed by atoms with van der Waals surface area (Å²) in [6.45, 7) is 15.9. The van der Waals surface area contributed by atoms with E-state index in [1.165, 1.54) is 50.8 Å². The summed E-state index contributed by atoms with van der Waals surface area (Å²) in [5.41, 5.74) is 7.24. The number of benzene rings is 8. The lowest BCUT2D eigenvalue weighted by Gasteiger charge is -2.49. The normalized spacial score (nSPS) is 22.8. The third-order valence-electron chi connectivity index (χ3n) is 15.5. The van der Waals surface area contributed by atoms with E-state index in [-0.39, 0.29) is 5.41 Å². The molecule has 0 spiro atoms.